The predicted octanol–water partition coefficient (Wildman–Crippen LogP) is 5.20. The molecule has 0 fully saturated rings. The van der Waals surface area contributed by atoms with Crippen molar-refractivity contribution in [2.24, 2.45) is 0 Å². The van der Waals surface area contributed by atoms with Crippen LogP contribution in [0.3, 0.4) is 0 Å². The quantitative estimate of drug-likeness (QED) is 0.320. The molecule has 2 unspecified atom stereocenters. The summed E-state index contributed by atoms with van der Waals surface area (Å²) in [4.78, 5) is 31.2. The van der Waals surface area contributed by atoms with E-state index in [9.17, 15) is 14.0 Å². The highest BCUT2D eigenvalue weighted by Crippen LogP contribution is 2.31. The summed E-state index contributed by atoms with van der Waals surface area (Å²) < 4.78 is 16.0. The Labute approximate surface area is 201 Å². The first-order chi connectivity index (χ1) is 16.5. The van der Waals surface area contributed by atoms with Gasteiger partial charge in [-0.1, -0.05) is 60.3 Å². The highest BCUT2D eigenvalue weighted by molar-refractivity contribution is 8.00. The molecule has 3 aromatic carbocycles. The summed E-state index contributed by atoms with van der Waals surface area (Å²) in [7, 11) is 0. The van der Waals surface area contributed by atoms with Crippen molar-refractivity contribution in [1.29, 1.82) is 0 Å². The lowest BCUT2D eigenvalue weighted by atomic mass is 9.88. The topological polar surface area (TPSA) is 64.0 Å². The molecule has 1 N–H and O–H groups in total. The van der Waals surface area contributed by atoms with Crippen LogP contribution >= 0.6 is 11.8 Å². The molecule has 7 heteroatoms. The number of carbonyl (C=O) groups is 1. The van der Waals surface area contributed by atoms with Crippen LogP contribution < -0.4 is 10.9 Å². The van der Waals surface area contributed by atoms with Gasteiger partial charge in [-0.3, -0.25) is 14.2 Å². The fourth-order valence-electron chi connectivity index (χ4n) is 4.44. The molecule has 1 heterocycles. The number of nitrogens with one attached hydrogen (secondary N) is 1. The summed E-state index contributed by atoms with van der Waals surface area (Å²) >= 11 is 1.15. The van der Waals surface area contributed by atoms with Crippen molar-refractivity contribution in [2.75, 3.05) is 0 Å². The number of hydrogen-bond donors (Lipinski definition) is 1. The number of aromatic nitrogens is 2. The molecule has 1 aliphatic carbocycles. The van der Waals surface area contributed by atoms with Gasteiger partial charge in [-0.2, -0.15) is 0 Å². The van der Waals surface area contributed by atoms with Gasteiger partial charge in [0.15, 0.2) is 5.16 Å². The molecular weight excluding hydrogens is 449 g/mol. The number of para-hydroxylation sites is 2. The van der Waals surface area contributed by atoms with Crippen LogP contribution in [0.1, 0.15) is 36.9 Å². The molecule has 172 valence electrons. The minimum atomic E-state index is -0.542. The van der Waals surface area contributed by atoms with E-state index in [1.807, 2.05) is 12.1 Å². The summed E-state index contributed by atoms with van der Waals surface area (Å²) in [5.74, 6) is -0.673. The Kier molecular flexibility index (Phi) is 6.20. The zero-order chi connectivity index (χ0) is 23.7. The molecule has 0 aliphatic heterocycles. The minimum absolute atomic E-state index is 0.0428. The second-order valence-electron chi connectivity index (χ2n) is 8.42. The maximum atomic E-state index is 14.7. The molecule has 1 amide bonds. The van der Waals surface area contributed by atoms with Crippen LogP contribution in [0.15, 0.2) is 82.7 Å². The lowest BCUT2D eigenvalue weighted by Gasteiger charge is -2.27. The Bertz CT molecular complexity index is 1440. The van der Waals surface area contributed by atoms with Gasteiger partial charge in [0.2, 0.25) is 5.91 Å². The SMILES string of the molecule is CC(Sc1nc2ccccc2c(=O)n1-c1ccccc1F)C(=O)NC1CCCc2ccccc21. The van der Waals surface area contributed by atoms with Crippen LogP contribution in [0.4, 0.5) is 4.39 Å². The fourth-order valence-corrected chi connectivity index (χ4v) is 5.37. The number of amides is 1. The average molecular weight is 474 g/mol. The van der Waals surface area contributed by atoms with Crippen LogP contribution in [0.25, 0.3) is 16.6 Å². The smallest absolute Gasteiger partial charge is 0.266 e. The van der Waals surface area contributed by atoms with Gasteiger partial charge in [0, 0.05) is 0 Å². The number of aryl methyl sites for hydroxylation is 1. The van der Waals surface area contributed by atoms with Crippen molar-refractivity contribution in [3.63, 3.8) is 0 Å². The minimum Gasteiger partial charge on any atom is -0.348 e. The molecule has 34 heavy (non-hydrogen) atoms. The molecule has 0 radical (unpaired) electrons. The van der Waals surface area contributed by atoms with Crippen molar-refractivity contribution in [3.8, 4) is 5.69 Å². The molecule has 5 nitrogen and oxygen atoms in total. The average Bonchev–Trinajstić information content (AvgIpc) is 2.85. The van der Waals surface area contributed by atoms with Crippen molar-refractivity contribution in [1.82, 2.24) is 14.9 Å². The zero-order valence-corrected chi connectivity index (χ0v) is 19.5. The van der Waals surface area contributed by atoms with Gasteiger partial charge in [-0.15, -0.1) is 0 Å². The van der Waals surface area contributed by atoms with Crippen LogP contribution in [-0.2, 0) is 11.2 Å². The number of hydrogen-bond acceptors (Lipinski definition) is 4. The van der Waals surface area contributed by atoms with E-state index in [1.54, 1.807) is 49.4 Å². The Morgan fingerprint density at radius 1 is 1.09 bits per heavy atom. The molecule has 0 saturated heterocycles. The lowest BCUT2D eigenvalue weighted by Crippen LogP contribution is -2.36. The van der Waals surface area contributed by atoms with Crippen LogP contribution in [0, 0.1) is 5.82 Å². The van der Waals surface area contributed by atoms with Crippen LogP contribution in [0.2, 0.25) is 0 Å². The third-order valence-electron chi connectivity index (χ3n) is 6.18. The highest BCUT2D eigenvalue weighted by Gasteiger charge is 2.26. The monoisotopic (exact) mass is 473 g/mol. The largest absolute Gasteiger partial charge is 0.348 e. The first-order valence-electron chi connectivity index (χ1n) is 11.3. The molecular formula is C27H24FN3O2S. The van der Waals surface area contributed by atoms with E-state index >= 15 is 0 Å². The number of thioether (sulfide) groups is 1. The van der Waals surface area contributed by atoms with E-state index in [0.717, 1.165) is 36.6 Å². The number of fused-ring (bicyclic) bond motifs is 2. The van der Waals surface area contributed by atoms with Gasteiger partial charge in [0.1, 0.15) is 5.82 Å². The summed E-state index contributed by atoms with van der Waals surface area (Å²) in [6, 6.07) is 21.2. The summed E-state index contributed by atoms with van der Waals surface area (Å²) in [5, 5.41) is 3.30. The van der Waals surface area contributed by atoms with Gasteiger partial charge in [0.05, 0.1) is 27.9 Å². The van der Waals surface area contributed by atoms with E-state index in [1.165, 1.54) is 16.2 Å². The van der Waals surface area contributed by atoms with E-state index in [2.05, 4.69) is 22.4 Å². The Hall–Kier alpha value is -3.45. The van der Waals surface area contributed by atoms with Gasteiger partial charge in [-0.25, -0.2) is 9.37 Å². The molecule has 0 spiro atoms. The first-order valence-corrected chi connectivity index (χ1v) is 12.2. The fraction of sp³-hybridized carbons (Fsp3) is 0.222. The maximum absolute atomic E-state index is 14.7. The van der Waals surface area contributed by atoms with Crippen molar-refractivity contribution in [3.05, 3.63) is 100 Å². The third-order valence-corrected chi connectivity index (χ3v) is 7.23. The van der Waals surface area contributed by atoms with Crippen molar-refractivity contribution in [2.45, 2.75) is 42.6 Å². The van der Waals surface area contributed by atoms with E-state index in [4.69, 9.17) is 0 Å². The third kappa shape index (κ3) is 4.23. The Balaban J connectivity index is 1.48. The Morgan fingerprint density at radius 2 is 1.82 bits per heavy atom. The van der Waals surface area contributed by atoms with E-state index < -0.39 is 11.1 Å². The van der Waals surface area contributed by atoms with E-state index in [0.29, 0.717) is 10.9 Å². The molecule has 0 bridgehead atoms. The second-order valence-corrected chi connectivity index (χ2v) is 9.72. The molecule has 5 rings (SSSR count). The normalized spacial score (nSPS) is 16.1. The predicted molar refractivity (Wildman–Crippen MR) is 133 cm³/mol. The summed E-state index contributed by atoms with van der Waals surface area (Å²) in [6.45, 7) is 1.78. The number of nitrogens with zero attached hydrogens (tertiary/aromatic N) is 2. The lowest BCUT2D eigenvalue weighted by molar-refractivity contribution is -0.121. The Morgan fingerprint density at radius 3 is 2.68 bits per heavy atom. The second kappa shape index (κ2) is 9.43. The summed E-state index contributed by atoms with van der Waals surface area (Å²) in [6.07, 6.45) is 2.92. The molecule has 2 atom stereocenters. The standard InChI is InChI=1S/C27H24FN3O2S/c1-17(25(32)29-22-15-8-10-18-9-2-3-11-19(18)22)34-27-30-23-14-6-4-12-20(23)26(33)31(27)24-16-7-5-13-21(24)28/h2-7,9,11-14,16-17,22H,8,10,15H2,1H3,(H,29,32). The molecule has 4 aromatic rings. The molecule has 1 aromatic heterocycles. The highest BCUT2D eigenvalue weighted by atomic mass is 32.2. The maximum Gasteiger partial charge on any atom is 0.266 e. The first kappa shape index (κ1) is 22.3. The van der Waals surface area contributed by atoms with Gasteiger partial charge in [0.25, 0.3) is 5.56 Å². The van der Waals surface area contributed by atoms with Crippen LogP contribution in [0.5, 0.6) is 0 Å². The molecule has 1 aliphatic rings. The summed E-state index contributed by atoms with van der Waals surface area (Å²) in [5.41, 5.74) is 2.68. The van der Waals surface area contributed by atoms with Gasteiger partial charge in [-0.05, 0) is 61.6 Å². The number of carbonyl (C=O) groups excluding carboxylic acids is 1. The number of rotatable bonds is 5. The zero-order valence-electron chi connectivity index (χ0n) is 18.7. The van der Waals surface area contributed by atoms with E-state index in [-0.39, 0.29) is 28.4 Å². The van der Waals surface area contributed by atoms with Crippen LogP contribution in [-0.4, -0.2) is 20.7 Å². The number of benzene rings is 3. The van der Waals surface area contributed by atoms with Crippen molar-refractivity contribution >= 4 is 28.6 Å². The number of halogens is 1. The van der Waals surface area contributed by atoms with Gasteiger partial charge < -0.3 is 5.32 Å². The van der Waals surface area contributed by atoms with Crippen molar-refractivity contribution < 1.29 is 9.18 Å². The molecule has 0 saturated carbocycles. The van der Waals surface area contributed by atoms with Gasteiger partial charge >= 0.3 is 0 Å².